The number of alkyl halides is 3. The molecule has 0 saturated carbocycles. The van der Waals surface area contributed by atoms with Crippen molar-refractivity contribution in [3.8, 4) is 17.1 Å². The lowest BCUT2D eigenvalue weighted by Gasteiger charge is -2.27. The second kappa shape index (κ2) is 7.37. The molecule has 6 nitrogen and oxygen atoms in total. The molecule has 2 heterocycles. The van der Waals surface area contributed by atoms with E-state index in [1.807, 2.05) is 0 Å². The number of ether oxygens (including phenoxy) is 2. The maximum atomic E-state index is 12.6. The molecule has 0 spiro atoms. The van der Waals surface area contributed by atoms with Gasteiger partial charge in [0.25, 0.3) is 0 Å². The van der Waals surface area contributed by atoms with Gasteiger partial charge in [0.1, 0.15) is 17.0 Å². The molecular formula is C19H21F3N2O4. The zero-order valence-corrected chi connectivity index (χ0v) is 15.7. The van der Waals surface area contributed by atoms with Crippen LogP contribution in [-0.4, -0.2) is 34.7 Å². The number of benzene rings is 1. The van der Waals surface area contributed by atoms with Gasteiger partial charge >= 0.3 is 12.5 Å². The standard InChI is InChI=1S/C19H21F3N2O4/c1-18(2,3)27-17(25)24-10-6-8-14(24)13-11-16(28-23-13)12-7-4-5-9-15(12)26-19(20,21)22/h4-5,7,9,11,14H,6,8,10H2,1-3H3. The van der Waals surface area contributed by atoms with Crippen LogP contribution in [0, 0.1) is 0 Å². The van der Waals surface area contributed by atoms with Crippen molar-refractivity contribution >= 4 is 6.09 Å². The molecular weight excluding hydrogens is 377 g/mol. The molecule has 1 aliphatic rings. The van der Waals surface area contributed by atoms with E-state index in [2.05, 4.69) is 9.89 Å². The van der Waals surface area contributed by atoms with Gasteiger partial charge in [-0.15, -0.1) is 13.2 Å². The molecule has 1 aromatic heterocycles. The molecule has 152 valence electrons. The Bertz CT molecular complexity index is 842. The molecule has 2 aromatic rings. The van der Waals surface area contributed by atoms with Crippen molar-refractivity contribution in [3.05, 3.63) is 36.0 Å². The van der Waals surface area contributed by atoms with Crippen molar-refractivity contribution in [1.82, 2.24) is 10.1 Å². The number of halogens is 3. The number of nitrogens with zero attached hydrogens (tertiary/aromatic N) is 2. The number of hydrogen-bond donors (Lipinski definition) is 0. The van der Waals surface area contributed by atoms with Crippen LogP contribution < -0.4 is 4.74 Å². The Morgan fingerprint density at radius 1 is 1.25 bits per heavy atom. The number of carbonyl (C=O) groups is 1. The van der Waals surface area contributed by atoms with Gasteiger partial charge in [0.2, 0.25) is 0 Å². The zero-order chi connectivity index (χ0) is 20.5. The summed E-state index contributed by atoms with van der Waals surface area (Å²) in [6, 6.07) is 6.83. The van der Waals surface area contributed by atoms with Crippen molar-refractivity contribution < 1.29 is 32.0 Å². The van der Waals surface area contributed by atoms with Crippen molar-refractivity contribution in [2.45, 2.75) is 51.6 Å². The molecule has 0 aliphatic carbocycles. The highest BCUT2D eigenvalue weighted by molar-refractivity contribution is 5.70. The topological polar surface area (TPSA) is 64.8 Å². The van der Waals surface area contributed by atoms with Gasteiger partial charge < -0.3 is 14.0 Å². The first-order valence-electron chi connectivity index (χ1n) is 8.85. The highest BCUT2D eigenvalue weighted by Crippen LogP contribution is 2.38. The van der Waals surface area contributed by atoms with Crippen LogP contribution in [0.3, 0.4) is 0 Å². The summed E-state index contributed by atoms with van der Waals surface area (Å²) < 4.78 is 52.7. The third-order valence-electron chi connectivity index (χ3n) is 4.13. The molecule has 1 amide bonds. The number of para-hydroxylation sites is 1. The van der Waals surface area contributed by atoms with E-state index in [0.29, 0.717) is 18.7 Å². The van der Waals surface area contributed by atoms with Crippen LogP contribution in [0.1, 0.15) is 45.3 Å². The summed E-state index contributed by atoms with van der Waals surface area (Å²) in [4.78, 5) is 14.0. The van der Waals surface area contributed by atoms with Gasteiger partial charge in [-0.25, -0.2) is 4.79 Å². The van der Waals surface area contributed by atoms with Gasteiger partial charge in [-0.1, -0.05) is 17.3 Å². The van der Waals surface area contributed by atoms with Gasteiger partial charge in [-0.3, -0.25) is 4.90 Å². The average Bonchev–Trinajstić information content (AvgIpc) is 3.21. The van der Waals surface area contributed by atoms with E-state index in [-0.39, 0.29) is 23.1 Å². The SMILES string of the molecule is CC(C)(C)OC(=O)N1CCCC1c1cc(-c2ccccc2OC(F)(F)F)on1. The Balaban J connectivity index is 1.84. The molecule has 0 radical (unpaired) electrons. The predicted molar refractivity (Wildman–Crippen MR) is 93.5 cm³/mol. The number of amides is 1. The fourth-order valence-electron chi connectivity index (χ4n) is 3.07. The predicted octanol–water partition coefficient (Wildman–Crippen LogP) is 5.31. The summed E-state index contributed by atoms with van der Waals surface area (Å²) in [6.45, 7) is 5.85. The fourth-order valence-corrected chi connectivity index (χ4v) is 3.07. The number of carbonyl (C=O) groups excluding carboxylic acids is 1. The maximum absolute atomic E-state index is 12.6. The van der Waals surface area contributed by atoms with Gasteiger partial charge in [0.15, 0.2) is 5.76 Å². The summed E-state index contributed by atoms with van der Waals surface area (Å²) in [7, 11) is 0. The number of rotatable bonds is 3. The van der Waals surface area contributed by atoms with Crippen molar-refractivity contribution in [1.29, 1.82) is 0 Å². The maximum Gasteiger partial charge on any atom is 0.573 e. The molecule has 1 unspecified atom stereocenters. The Morgan fingerprint density at radius 3 is 2.64 bits per heavy atom. The van der Waals surface area contributed by atoms with Crippen molar-refractivity contribution in [3.63, 3.8) is 0 Å². The third kappa shape index (κ3) is 4.76. The van der Waals surface area contributed by atoms with Crippen LogP contribution in [0.2, 0.25) is 0 Å². The molecule has 3 rings (SSSR count). The van der Waals surface area contributed by atoms with Crippen LogP contribution >= 0.6 is 0 Å². The average molecular weight is 398 g/mol. The van der Waals surface area contributed by atoms with E-state index in [4.69, 9.17) is 9.26 Å². The minimum atomic E-state index is -4.82. The summed E-state index contributed by atoms with van der Waals surface area (Å²) in [5.41, 5.74) is -0.0480. The van der Waals surface area contributed by atoms with Crippen LogP contribution in [0.4, 0.5) is 18.0 Å². The largest absolute Gasteiger partial charge is 0.573 e. The minimum Gasteiger partial charge on any atom is -0.444 e. The minimum absolute atomic E-state index is 0.125. The second-order valence-electron chi connectivity index (χ2n) is 7.49. The van der Waals surface area contributed by atoms with Gasteiger partial charge in [0, 0.05) is 12.6 Å². The van der Waals surface area contributed by atoms with E-state index < -0.39 is 18.1 Å². The summed E-state index contributed by atoms with van der Waals surface area (Å²) in [5.74, 6) is -0.251. The highest BCUT2D eigenvalue weighted by Gasteiger charge is 2.36. The molecule has 1 aliphatic heterocycles. The molecule has 1 aromatic carbocycles. The fraction of sp³-hybridized carbons (Fsp3) is 0.474. The first kappa shape index (κ1) is 20.0. The first-order valence-corrected chi connectivity index (χ1v) is 8.85. The zero-order valence-electron chi connectivity index (χ0n) is 15.7. The molecule has 0 N–H and O–H groups in total. The van der Waals surface area contributed by atoms with Crippen molar-refractivity contribution in [2.75, 3.05) is 6.54 Å². The van der Waals surface area contributed by atoms with Crippen LogP contribution in [0.15, 0.2) is 34.9 Å². The molecule has 1 fully saturated rings. The van der Waals surface area contributed by atoms with Crippen LogP contribution in [0.25, 0.3) is 11.3 Å². The molecule has 9 heteroatoms. The Morgan fingerprint density at radius 2 is 1.96 bits per heavy atom. The monoisotopic (exact) mass is 398 g/mol. The lowest BCUT2D eigenvalue weighted by molar-refractivity contribution is -0.274. The molecule has 0 bridgehead atoms. The van der Waals surface area contributed by atoms with Gasteiger partial charge in [-0.2, -0.15) is 0 Å². The number of aromatic nitrogens is 1. The third-order valence-corrected chi connectivity index (χ3v) is 4.13. The first-order chi connectivity index (χ1) is 13.0. The van der Waals surface area contributed by atoms with Crippen LogP contribution in [0.5, 0.6) is 5.75 Å². The second-order valence-corrected chi connectivity index (χ2v) is 7.49. The van der Waals surface area contributed by atoms with Gasteiger partial charge in [0.05, 0.1) is 11.6 Å². The van der Waals surface area contributed by atoms with E-state index in [0.717, 1.165) is 6.42 Å². The lowest BCUT2D eigenvalue weighted by Crippen LogP contribution is -2.36. The lowest BCUT2D eigenvalue weighted by atomic mass is 10.1. The van der Waals surface area contributed by atoms with Crippen LogP contribution in [-0.2, 0) is 4.74 Å². The highest BCUT2D eigenvalue weighted by atomic mass is 19.4. The Kier molecular flexibility index (Phi) is 5.27. The summed E-state index contributed by atoms with van der Waals surface area (Å²) in [6.07, 6.45) is -3.86. The van der Waals surface area contributed by atoms with Crippen molar-refractivity contribution in [2.24, 2.45) is 0 Å². The van der Waals surface area contributed by atoms with E-state index >= 15 is 0 Å². The number of likely N-dealkylation sites (tertiary alicyclic amines) is 1. The number of hydrogen-bond acceptors (Lipinski definition) is 5. The molecule has 1 saturated heterocycles. The van der Waals surface area contributed by atoms with E-state index in [9.17, 15) is 18.0 Å². The smallest absolute Gasteiger partial charge is 0.444 e. The summed E-state index contributed by atoms with van der Waals surface area (Å²) in [5, 5.41) is 3.98. The Labute approximate surface area is 160 Å². The van der Waals surface area contributed by atoms with E-state index in [1.54, 1.807) is 31.7 Å². The van der Waals surface area contributed by atoms with Gasteiger partial charge in [-0.05, 0) is 45.7 Å². The van der Waals surface area contributed by atoms with E-state index in [1.165, 1.54) is 24.3 Å². The quantitative estimate of drug-likeness (QED) is 0.701. The Hall–Kier alpha value is -2.71. The molecule has 1 atom stereocenters. The normalized spacial score (nSPS) is 17.6. The summed E-state index contributed by atoms with van der Waals surface area (Å²) >= 11 is 0. The molecule has 28 heavy (non-hydrogen) atoms.